The van der Waals surface area contributed by atoms with Gasteiger partial charge in [0.25, 0.3) is 0 Å². The fourth-order valence-corrected chi connectivity index (χ4v) is 2.16. The molecule has 1 aliphatic carbocycles. The van der Waals surface area contributed by atoms with Gasteiger partial charge in [0.1, 0.15) is 5.54 Å². The maximum atomic E-state index is 11.8. The molecule has 1 atom stereocenters. The van der Waals surface area contributed by atoms with Gasteiger partial charge < -0.3 is 16.0 Å². The number of amides is 1. The van der Waals surface area contributed by atoms with Gasteiger partial charge in [0, 0.05) is 6.54 Å². The second-order valence-corrected chi connectivity index (χ2v) is 4.87. The molecule has 1 fully saturated rings. The Morgan fingerprint density at radius 1 is 1.50 bits per heavy atom. The molecule has 0 spiro atoms. The van der Waals surface area contributed by atoms with Crippen molar-refractivity contribution in [1.29, 1.82) is 0 Å². The third-order valence-corrected chi connectivity index (χ3v) is 3.46. The molecule has 0 aromatic heterocycles. The largest absolute Gasteiger partial charge is 0.368 e. The summed E-state index contributed by atoms with van der Waals surface area (Å²) in [6.07, 6.45) is 3.27. The normalized spacial score (nSPS) is 19.8. The standard InChI is InChI=1S/C12H25N3O/c1-4-8-14-12(11(13)16,10-6-7-10)9-15(3)5-2/h10,14H,4-9H2,1-3H3,(H2,13,16). The van der Waals surface area contributed by atoms with Crippen LogP contribution in [0.25, 0.3) is 0 Å². The van der Waals surface area contributed by atoms with Crippen LogP contribution < -0.4 is 11.1 Å². The van der Waals surface area contributed by atoms with E-state index >= 15 is 0 Å². The van der Waals surface area contributed by atoms with Gasteiger partial charge in [0.05, 0.1) is 0 Å². The quantitative estimate of drug-likeness (QED) is 0.637. The summed E-state index contributed by atoms with van der Waals surface area (Å²) in [7, 11) is 2.04. The predicted molar refractivity (Wildman–Crippen MR) is 66.1 cm³/mol. The number of rotatable bonds is 8. The fourth-order valence-electron chi connectivity index (χ4n) is 2.16. The van der Waals surface area contributed by atoms with Crippen LogP contribution in [-0.4, -0.2) is 43.0 Å². The Balaban J connectivity index is 2.74. The maximum absolute atomic E-state index is 11.8. The predicted octanol–water partition coefficient (Wildman–Crippen LogP) is 0.572. The van der Waals surface area contributed by atoms with Gasteiger partial charge in [-0.25, -0.2) is 0 Å². The van der Waals surface area contributed by atoms with Crippen LogP contribution in [0.15, 0.2) is 0 Å². The third kappa shape index (κ3) is 2.95. The molecule has 0 aromatic rings. The zero-order valence-corrected chi connectivity index (χ0v) is 10.8. The second-order valence-electron chi connectivity index (χ2n) is 4.87. The first kappa shape index (κ1) is 13.5. The van der Waals surface area contributed by atoms with E-state index in [1.807, 2.05) is 7.05 Å². The molecule has 0 aromatic carbocycles. The van der Waals surface area contributed by atoms with Crippen molar-refractivity contribution in [2.24, 2.45) is 11.7 Å². The van der Waals surface area contributed by atoms with Gasteiger partial charge in [-0.2, -0.15) is 0 Å². The van der Waals surface area contributed by atoms with Crippen molar-refractivity contribution >= 4 is 5.91 Å². The molecule has 3 N–H and O–H groups in total. The fraction of sp³-hybridized carbons (Fsp3) is 0.917. The highest BCUT2D eigenvalue weighted by Gasteiger charge is 2.49. The van der Waals surface area contributed by atoms with E-state index in [9.17, 15) is 4.79 Å². The molecule has 0 heterocycles. The molecular formula is C12H25N3O. The summed E-state index contributed by atoms with van der Waals surface area (Å²) in [4.78, 5) is 14.0. The molecule has 0 aliphatic heterocycles. The lowest BCUT2D eigenvalue weighted by atomic mass is 9.91. The van der Waals surface area contributed by atoms with E-state index in [2.05, 4.69) is 24.1 Å². The molecule has 1 saturated carbocycles. The zero-order valence-electron chi connectivity index (χ0n) is 10.8. The Labute approximate surface area is 98.6 Å². The monoisotopic (exact) mass is 227 g/mol. The minimum atomic E-state index is -0.499. The van der Waals surface area contributed by atoms with Crippen molar-refractivity contribution in [3.63, 3.8) is 0 Å². The second kappa shape index (κ2) is 5.64. The van der Waals surface area contributed by atoms with Gasteiger partial charge in [-0.3, -0.25) is 4.79 Å². The van der Waals surface area contributed by atoms with Crippen molar-refractivity contribution in [3.05, 3.63) is 0 Å². The molecule has 1 rings (SSSR count). The molecule has 0 radical (unpaired) electrons. The summed E-state index contributed by atoms with van der Waals surface area (Å²) in [6.45, 7) is 6.73. The summed E-state index contributed by atoms with van der Waals surface area (Å²) in [5.41, 5.74) is 5.13. The van der Waals surface area contributed by atoms with Crippen LogP contribution in [0.4, 0.5) is 0 Å². The number of primary amides is 1. The first-order chi connectivity index (χ1) is 7.56. The maximum Gasteiger partial charge on any atom is 0.239 e. The lowest BCUT2D eigenvalue weighted by Crippen LogP contribution is -2.63. The molecule has 4 heteroatoms. The first-order valence-electron chi connectivity index (χ1n) is 6.30. The smallest absolute Gasteiger partial charge is 0.239 e. The number of hydrogen-bond donors (Lipinski definition) is 2. The molecule has 16 heavy (non-hydrogen) atoms. The topological polar surface area (TPSA) is 58.4 Å². The Bertz CT molecular complexity index is 240. The molecule has 1 aliphatic rings. The molecule has 0 saturated heterocycles. The van der Waals surface area contributed by atoms with E-state index in [4.69, 9.17) is 5.73 Å². The summed E-state index contributed by atoms with van der Waals surface area (Å²) < 4.78 is 0. The van der Waals surface area contributed by atoms with Crippen LogP contribution in [0.3, 0.4) is 0 Å². The van der Waals surface area contributed by atoms with E-state index in [1.54, 1.807) is 0 Å². The van der Waals surface area contributed by atoms with Gasteiger partial charge >= 0.3 is 0 Å². The number of nitrogens with zero attached hydrogens (tertiary/aromatic N) is 1. The SMILES string of the molecule is CCCNC(CN(C)CC)(C(N)=O)C1CC1. The minimum Gasteiger partial charge on any atom is -0.368 e. The van der Waals surface area contributed by atoms with Gasteiger partial charge in [-0.15, -0.1) is 0 Å². The van der Waals surface area contributed by atoms with Crippen molar-refractivity contribution < 1.29 is 4.79 Å². The van der Waals surface area contributed by atoms with Crippen molar-refractivity contribution in [1.82, 2.24) is 10.2 Å². The third-order valence-electron chi connectivity index (χ3n) is 3.46. The van der Waals surface area contributed by atoms with Gasteiger partial charge in [-0.1, -0.05) is 13.8 Å². The Kier molecular flexibility index (Phi) is 4.74. The molecular weight excluding hydrogens is 202 g/mol. The number of hydrogen-bond acceptors (Lipinski definition) is 3. The Hall–Kier alpha value is -0.610. The number of nitrogens with two attached hydrogens (primary N) is 1. The number of likely N-dealkylation sites (N-methyl/N-ethyl adjacent to an activating group) is 1. The van der Waals surface area contributed by atoms with E-state index in [0.717, 1.165) is 38.9 Å². The summed E-state index contributed by atoms with van der Waals surface area (Å²) >= 11 is 0. The molecule has 0 bridgehead atoms. The highest BCUT2D eigenvalue weighted by atomic mass is 16.1. The number of nitrogens with one attached hydrogen (secondary N) is 1. The van der Waals surface area contributed by atoms with Gasteiger partial charge in [0.2, 0.25) is 5.91 Å². The number of carbonyl (C=O) groups excluding carboxylic acids is 1. The lowest BCUT2D eigenvalue weighted by molar-refractivity contribution is -0.126. The van der Waals surface area contributed by atoms with Crippen LogP contribution in [0.1, 0.15) is 33.1 Å². The average molecular weight is 227 g/mol. The minimum absolute atomic E-state index is 0.191. The summed E-state index contributed by atoms with van der Waals surface area (Å²) in [5.74, 6) is 0.245. The Morgan fingerprint density at radius 3 is 2.50 bits per heavy atom. The van der Waals surface area contributed by atoms with Crippen molar-refractivity contribution in [2.75, 3.05) is 26.7 Å². The van der Waals surface area contributed by atoms with Gasteiger partial charge in [0.15, 0.2) is 0 Å². The molecule has 1 unspecified atom stereocenters. The van der Waals surface area contributed by atoms with Crippen LogP contribution >= 0.6 is 0 Å². The van der Waals surface area contributed by atoms with Crippen LogP contribution in [0.5, 0.6) is 0 Å². The highest BCUT2D eigenvalue weighted by molar-refractivity contribution is 5.86. The molecule has 4 nitrogen and oxygen atoms in total. The van der Waals surface area contributed by atoms with Crippen molar-refractivity contribution in [2.45, 2.75) is 38.6 Å². The number of carbonyl (C=O) groups is 1. The van der Waals surface area contributed by atoms with E-state index < -0.39 is 5.54 Å². The van der Waals surface area contributed by atoms with E-state index in [-0.39, 0.29) is 5.91 Å². The Morgan fingerprint density at radius 2 is 2.12 bits per heavy atom. The molecule has 94 valence electrons. The van der Waals surface area contributed by atoms with E-state index in [1.165, 1.54) is 0 Å². The first-order valence-corrected chi connectivity index (χ1v) is 6.30. The molecule has 1 amide bonds. The lowest BCUT2D eigenvalue weighted by Gasteiger charge is -2.35. The summed E-state index contributed by atoms with van der Waals surface area (Å²) in [5, 5.41) is 3.39. The van der Waals surface area contributed by atoms with Crippen LogP contribution in [-0.2, 0) is 4.79 Å². The van der Waals surface area contributed by atoms with Gasteiger partial charge in [-0.05, 0) is 45.3 Å². The average Bonchev–Trinajstić information content (AvgIpc) is 3.07. The van der Waals surface area contributed by atoms with E-state index in [0.29, 0.717) is 5.92 Å². The van der Waals surface area contributed by atoms with Crippen LogP contribution in [0.2, 0.25) is 0 Å². The van der Waals surface area contributed by atoms with Crippen LogP contribution in [0, 0.1) is 5.92 Å². The summed E-state index contributed by atoms with van der Waals surface area (Å²) in [6, 6.07) is 0. The zero-order chi connectivity index (χ0) is 12.2. The highest BCUT2D eigenvalue weighted by Crippen LogP contribution is 2.40. The van der Waals surface area contributed by atoms with Crippen molar-refractivity contribution in [3.8, 4) is 0 Å².